The highest BCUT2D eigenvalue weighted by Crippen LogP contribution is 2.21. The van der Waals surface area contributed by atoms with Gasteiger partial charge in [-0.1, -0.05) is 30.3 Å². The molecule has 2 N–H and O–H groups in total. The molecule has 7 heteroatoms. The number of ether oxygens (including phenoxy) is 2. The van der Waals surface area contributed by atoms with E-state index in [0.717, 1.165) is 16.9 Å². The van der Waals surface area contributed by atoms with E-state index in [1.807, 2.05) is 38.1 Å². The van der Waals surface area contributed by atoms with Gasteiger partial charge in [-0.25, -0.2) is 9.38 Å². The number of methoxy groups -OCH3 is 1. The van der Waals surface area contributed by atoms with Crippen molar-refractivity contribution in [1.29, 1.82) is 0 Å². The van der Waals surface area contributed by atoms with Crippen LogP contribution in [-0.2, 0) is 17.8 Å². The van der Waals surface area contributed by atoms with Gasteiger partial charge in [0.2, 0.25) is 0 Å². The summed E-state index contributed by atoms with van der Waals surface area (Å²) < 4.78 is 24.6. The fraction of sp³-hybridized carbons (Fsp3) is 0.381. The van der Waals surface area contributed by atoms with E-state index in [1.165, 1.54) is 6.07 Å². The van der Waals surface area contributed by atoms with Crippen LogP contribution in [0.15, 0.2) is 47.5 Å². The number of nitrogens with zero attached hydrogens (tertiary/aromatic N) is 1. The Hall–Kier alpha value is -1.87. The zero-order valence-corrected chi connectivity index (χ0v) is 19.0. The SMILES string of the molecule is CCNC(=NCc1ccc(C)cc1OCCOC)NCc1ccccc1F.I. The number of nitrogens with one attached hydrogen (secondary N) is 2. The molecule has 0 aromatic heterocycles. The first-order valence-corrected chi connectivity index (χ1v) is 9.11. The second kappa shape index (κ2) is 13.3. The van der Waals surface area contributed by atoms with Gasteiger partial charge in [-0.15, -0.1) is 24.0 Å². The molecule has 0 aliphatic heterocycles. The number of hydrogen-bond acceptors (Lipinski definition) is 3. The number of hydrogen-bond donors (Lipinski definition) is 2. The number of guanidine groups is 1. The Labute approximate surface area is 183 Å². The van der Waals surface area contributed by atoms with E-state index >= 15 is 0 Å². The molecule has 0 aliphatic rings. The van der Waals surface area contributed by atoms with Crippen LogP contribution < -0.4 is 15.4 Å². The van der Waals surface area contributed by atoms with Crippen LogP contribution in [0.2, 0.25) is 0 Å². The molecule has 28 heavy (non-hydrogen) atoms. The smallest absolute Gasteiger partial charge is 0.191 e. The molecule has 0 amide bonds. The van der Waals surface area contributed by atoms with E-state index in [4.69, 9.17) is 9.47 Å². The van der Waals surface area contributed by atoms with Crippen molar-refractivity contribution >= 4 is 29.9 Å². The van der Waals surface area contributed by atoms with Crippen LogP contribution >= 0.6 is 24.0 Å². The minimum Gasteiger partial charge on any atom is -0.491 e. The van der Waals surface area contributed by atoms with Crippen molar-refractivity contribution in [2.75, 3.05) is 26.9 Å². The molecule has 0 fully saturated rings. The van der Waals surface area contributed by atoms with Gasteiger partial charge in [0.25, 0.3) is 0 Å². The van der Waals surface area contributed by atoms with Crippen LogP contribution in [0.5, 0.6) is 5.75 Å². The van der Waals surface area contributed by atoms with Gasteiger partial charge in [0.05, 0.1) is 13.2 Å². The highest BCUT2D eigenvalue weighted by atomic mass is 127. The molecule has 2 aromatic rings. The van der Waals surface area contributed by atoms with E-state index in [-0.39, 0.29) is 29.8 Å². The van der Waals surface area contributed by atoms with E-state index < -0.39 is 0 Å². The normalized spacial score (nSPS) is 10.9. The van der Waals surface area contributed by atoms with Crippen molar-refractivity contribution in [2.45, 2.75) is 26.9 Å². The Bertz CT molecular complexity index is 756. The molecular weight excluding hydrogens is 472 g/mol. The Kier molecular flexibility index (Phi) is 11.5. The Morgan fingerprint density at radius 1 is 1.07 bits per heavy atom. The summed E-state index contributed by atoms with van der Waals surface area (Å²) in [6.45, 7) is 6.57. The van der Waals surface area contributed by atoms with Crippen molar-refractivity contribution < 1.29 is 13.9 Å². The summed E-state index contributed by atoms with van der Waals surface area (Å²) in [5.41, 5.74) is 2.71. The topological polar surface area (TPSA) is 54.9 Å². The highest BCUT2D eigenvalue weighted by molar-refractivity contribution is 14.0. The van der Waals surface area contributed by atoms with Crippen molar-refractivity contribution in [3.8, 4) is 5.75 Å². The van der Waals surface area contributed by atoms with Crippen LogP contribution in [0.4, 0.5) is 4.39 Å². The van der Waals surface area contributed by atoms with Crippen molar-refractivity contribution in [1.82, 2.24) is 10.6 Å². The van der Waals surface area contributed by atoms with Gasteiger partial charge >= 0.3 is 0 Å². The second-order valence-corrected chi connectivity index (χ2v) is 6.09. The predicted octanol–water partition coefficient (Wildman–Crippen LogP) is 4.03. The molecule has 0 spiro atoms. The summed E-state index contributed by atoms with van der Waals surface area (Å²) in [6.07, 6.45) is 0. The molecule has 0 saturated carbocycles. The second-order valence-electron chi connectivity index (χ2n) is 6.09. The first-order chi connectivity index (χ1) is 13.1. The fourth-order valence-corrected chi connectivity index (χ4v) is 2.49. The van der Waals surface area contributed by atoms with Crippen molar-refractivity contribution in [3.63, 3.8) is 0 Å². The number of aryl methyl sites for hydroxylation is 1. The van der Waals surface area contributed by atoms with Crippen molar-refractivity contribution in [2.24, 2.45) is 4.99 Å². The molecule has 154 valence electrons. The first-order valence-electron chi connectivity index (χ1n) is 9.11. The van der Waals surface area contributed by atoms with Crippen LogP contribution in [0.1, 0.15) is 23.6 Å². The zero-order chi connectivity index (χ0) is 19.5. The monoisotopic (exact) mass is 501 g/mol. The van der Waals surface area contributed by atoms with Crippen molar-refractivity contribution in [3.05, 3.63) is 65.0 Å². The summed E-state index contributed by atoms with van der Waals surface area (Å²) in [7, 11) is 1.65. The minimum absolute atomic E-state index is 0. The van der Waals surface area contributed by atoms with Crippen LogP contribution in [0.3, 0.4) is 0 Å². The molecule has 0 bridgehead atoms. The zero-order valence-electron chi connectivity index (χ0n) is 16.6. The van der Waals surface area contributed by atoms with Gasteiger partial charge in [-0.2, -0.15) is 0 Å². The average molecular weight is 501 g/mol. The third-order valence-corrected chi connectivity index (χ3v) is 3.92. The number of halogens is 2. The summed E-state index contributed by atoms with van der Waals surface area (Å²) >= 11 is 0. The fourth-order valence-electron chi connectivity index (χ4n) is 2.49. The van der Waals surface area contributed by atoms with Gasteiger partial charge in [0.1, 0.15) is 18.2 Å². The molecule has 0 heterocycles. The molecule has 2 rings (SSSR count). The molecule has 0 unspecified atom stereocenters. The molecule has 2 aromatic carbocycles. The van der Waals surface area contributed by atoms with Gasteiger partial charge in [0, 0.05) is 31.3 Å². The third-order valence-electron chi connectivity index (χ3n) is 3.92. The lowest BCUT2D eigenvalue weighted by molar-refractivity contribution is 0.145. The third kappa shape index (κ3) is 8.02. The lowest BCUT2D eigenvalue weighted by Gasteiger charge is -2.14. The Morgan fingerprint density at radius 3 is 2.57 bits per heavy atom. The Balaban J connectivity index is 0.00000392. The van der Waals surface area contributed by atoms with Crippen LogP contribution in [-0.4, -0.2) is 32.8 Å². The number of rotatable bonds is 9. The summed E-state index contributed by atoms with van der Waals surface area (Å²) in [6, 6.07) is 12.8. The lowest BCUT2D eigenvalue weighted by Crippen LogP contribution is -2.37. The highest BCUT2D eigenvalue weighted by Gasteiger charge is 2.06. The standard InChI is InChI=1S/C21H28FN3O2.HI/c1-4-23-21(24-14-17-7-5-6-8-19(17)22)25-15-18-10-9-16(2)13-20(18)27-12-11-26-3;/h5-10,13H,4,11-12,14-15H2,1-3H3,(H2,23,24,25);1H. The summed E-state index contributed by atoms with van der Waals surface area (Å²) in [5, 5.41) is 6.35. The Morgan fingerprint density at radius 2 is 1.86 bits per heavy atom. The van der Waals surface area contributed by atoms with E-state index in [2.05, 4.69) is 15.6 Å². The largest absolute Gasteiger partial charge is 0.491 e. The van der Waals surface area contributed by atoms with E-state index in [1.54, 1.807) is 19.2 Å². The summed E-state index contributed by atoms with van der Waals surface area (Å²) in [5.74, 6) is 1.21. The first kappa shape index (κ1) is 24.2. The summed E-state index contributed by atoms with van der Waals surface area (Å²) in [4.78, 5) is 4.61. The molecular formula is C21H29FIN3O2. The van der Waals surface area contributed by atoms with E-state index in [0.29, 0.717) is 44.4 Å². The molecule has 0 aliphatic carbocycles. The van der Waals surface area contributed by atoms with Gasteiger partial charge in [0.15, 0.2) is 5.96 Å². The van der Waals surface area contributed by atoms with Gasteiger partial charge < -0.3 is 20.1 Å². The average Bonchev–Trinajstić information content (AvgIpc) is 2.66. The molecule has 0 radical (unpaired) electrons. The lowest BCUT2D eigenvalue weighted by atomic mass is 10.1. The quantitative estimate of drug-likeness (QED) is 0.236. The van der Waals surface area contributed by atoms with Crippen LogP contribution in [0.25, 0.3) is 0 Å². The number of benzene rings is 2. The van der Waals surface area contributed by atoms with Gasteiger partial charge in [-0.3, -0.25) is 0 Å². The van der Waals surface area contributed by atoms with Crippen LogP contribution in [0, 0.1) is 12.7 Å². The maximum Gasteiger partial charge on any atom is 0.191 e. The molecule has 5 nitrogen and oxygen atoms in total. The molecule has 0 saturated heterocycles. The van der Waals surface area contributed by atoms with E-state index in [9.17, 15) is 4.39 Å². The minimum atomic E-state index is -0.229. The maximum atomic E-state index is 13.8. The molecule has 0 atom stereocenters. The maximum absolute atomic E-state index is 13.8. The van der Waals surface area contributed by atoms with Gasteiger partial charge in [-0.05, 0) is 31.5 Å². The predicted molar refractivity (Wildman–Crippen MR) is 122 cm³/mol. The number of aliphatic imine (C=N–C) groups is 1.